The van der Waals surface area contributed by atoms with E-state index in [1.165, 1.54) is 0 Å². The molecule has 0 radical (unpaired) electrons. The van der Waals surface area contributed by atoms with Crippen LogP contribution in [0, 0.1) is 0 Å². The molecule has 5 nitrogen and oxygen atoms in total. The van der Waals surface area contributed by atoms with Crippen LogP contribution in [0.4, 0.5) is 5.69 Å². The van der Waals surface area contributed by atoms with Gasteiger partial charge in [0.25, 0.3) is 0 Å². The van der Waals surface area contributed by atoms with Crippen LogP contribution in [0.3, 0.4) is 0 Å². The Morgan fingerprint density at radius 2 is 2.05 bits per heavy atom. The summed E-state index contributed by atoms with van der Waals surface area (Å²) in [6.45, 7) is 8.76. The van der Waals surface area contributed by atoms with Crippen molar-refractivity contribution in [1.82, 2.24) is 9.78 Å². The second-order valence-corrected chi connectivity index (χ2v) is 12.1. The zero-order valence-electron chi connectivity index (χ0n) is 13.3. The van der Waals surface area contributed by atoms with Gasteiger partial charge in [-0.3, -0.25) is 0 Å². The highest BCUT2D eigenvalue weighted by Crippen LogP contribution is 2.22. The van der Waals surface area contributed by atoms with Gasteiger partial charge in [0.05, 0.1) is 17.8 Å². The molecule has 2 rings (SSSR count). The molecular formula is C15H25N3O2Si. The lowest BCUT2D eigenvalue weighted by Crippen LogP contribution is -2.22. The number of benzene rings is 1. The third-order valence-corrected chi connectivity index (χ3v) is 5.05. The van der Waals surface area contributed by atoms with Gasteiger partial charge in [-0.15, -0.1) is 0 Å². The van der Waals surface area contributed by atoms with E-state index < -0.39 is 8.07 Å². The Kier molecular flexibility index (Phi) is 5.03. The molecule has 0 saturated heterocycles. The van der Waals surface area contributed by atoms with Gasteiger partial charge in [-0.2, -0.15) is 5.10 Å². The van der Waals surface area contributed by atoms with Crippen molar-refractivity contribution in [3.8, 4) is 0 Å². The van der Waals surface area contributed by atoms with Gasteiger partial charge in [-0.1, -0.05) is 19.6 Å². The first-order valence-electron chi connectivity index (χ1n) is 7.22. The highest BCUT2D eigenvalue weighted by molar-refractivity contribution is 6.76. The third kappa shape index (κ3) is 4.29. The van der Waals surface area contributed by atoms with Crippen molar-refractivity contribution < 1.29 is 9.47 Å². The summed E-state index contributed by atoms with van der Waals surface area (Å²) in [6.07, 6.45) is 0. The normalized spacial score (nSPS) is 12.2. The lowest BCUT2D eigenvalue weighted by Gasteiger charge is -2.15. The van der Waals surface area contributed by atoms with Gasteiger partial charge >= 0.3 is 0 Å². The molecule has 0 unspecified atom stereocenters. The molecule has 0 amide bonds. The van der Waals surface area contributed by atoms with Crippen molar-refractivity contribution in [2.75, 3.05) is 19.5 Å². The Hall–Kier alpha value is -1.37. The van der Waals surface area contributed by atoms with E-state index in [0.717, 1.165) is 34.9 Å². The zero-order valence-corrected chi connectivity index (χ0v) is 14.3. The number of nitrogens with two attached hydrogens (primary N) is 1. The Bertz CT molecular complexity index is 605. The number of hydrogen-bond acceptors (Lipinski definition) is 4. The van der Waals surface area contributed by atoms with E-state index in [-0.39, 0.29) is 0 Å². The van der Waals surface area contributed by atoms with E-state index in [2.05, 4.69) is 24.7 Å². The molecule has 116 valence electrons. The summed E-state index contributed by atoms with van der Waals surface area (Å²) in [5.74, 6) is 0. The molecule has 0 aliphatic heterocycles. The average molecular weight is 307 g/mol. The van der Waals surface area contributed by atoms with Crippen LogP contribution in [0.15, 0.2) is 18.2 Å². The molecule has 1 aromatic heterocycles. The molecule has 0 fully saturated rings. The van der Waals surface area contributed by atoms with Gasteiger partial charge in [0.1, 0.15) is 6.73 Å². The first-order valence-corrected chi connectivity index (χ1v) is 10.9. The molecule has 0 atom stereocenters. The molecule has 21 heavy (non-hydrogen) atoms. The molecule has 2 N–H and O–H groups in total. The van der Waals surface area contributed by atoms with Crippen LogP contribution in [0.5, 0.6) is 0 Å². The van der Waals surface area contributed by atoms with E-state index >= 15 is 0 Å². The maximum Gasteiger partial charge on any atom is 0.140 e. The van der Waals surface area contributed by atoms with Crippen LogP contribution < -0.4 is 5.73 Å². The van der Waals surface area contributed by atoms with E-state index in [4.69, 9.17) is 15.2 Å². The summed E-state index contributed by atoms with van der Waals surface area (Å²) < 4.78 is 12.9. The largest absolute Gasteiger partial charge is 0.399 e. The minimum Gasteiger partial charge on any atom is -0.399 e. The summed E-state index contributed by atoms with van der Waals surface area (Å²) in [4.78, 5) is 0. The minimum atomic E-state index is -1.06. The number of hydrogen-bond donors (Lipinski definition) is 1. The monoisotopic (exact) mass is 307 g/mol. The Morgan fingerprint density at radius 3 is 2.71 bits per heavy atom. The summed E-state index contributed by atoms with van der Waals surface area (Å²) >= 11 is 0. The second-order valence-electron chi connectivity index (χ2n) is 6.50. The van der Waals surface area contributed by atoms with Crippen LogP contribution >= 0.6 is 0 Å². The molecule has 0 aliphatic rings. The summed E-state index contributed by atoms with van der Waals surface area (Å²) in [5.41, 5.74) is 8.53. The fourth-order valence-electron chi connectivity index (χ4n) is 2.13. The van der Waals surface area contributed by atoms with E-state index in [1.54, 1.807) is 7.11 Å². The number of rotatable bonds is 7. The molecule has 0 saturated carbocycles. The Morgan fingerprint density at radius 1 is 1.29 bits per heavy atom. The van der Waals surface area contributed by atoms with E-state index in [9.17, 15) is 0 Å². The van der Waals surface area contributed by atoms with Gasteiger partial charge in [-0.25, -0.2) is 4.68 Å². The van der Waals surface area contributed by atoms with Crippen molar-refractivity contribution >= 4 is 24.7 Å². The highest BCUT2D eigenvalue weighted by atomic mass is 28.3. The van der Waals surface area contributed by atoms with Gasteiger partial charge in [0.2, 0.25) is 0 Å². The first-order chi connectivity index (χ1) is 9.90. The van der Waals surface area contributed by atoms with Crippen LogP contribution in [0.2, 0.25) is 25.7 Å². The standard InChI is InChI=1S/C15H25N3O2Si/c1-19-10-14-13-9-12(16)5-6-15(13)18(17-14)11-20-7-8-21(2,3)4/h5-6,9H,7-8,10-11,16H2,1-4H3. The van der Waals surface area contributed by atoms with E-state index in [1.807, 2.05) is 22.9 Å². The van der Waals surface area contributed by atoms with Crippen molar-refractivity contribution in [2.45, 2.75) is 39.0 Å². The smallest absolute Gasteiger partial charge is 0.140 e. The number of nitrogen functional groups attached to an aromatic ring is 1. The predicted molar refractivity (Wildman–Crippen MR) is 89.0 cm³/mol. The number of nitrogens with zero attached hydrogens (tertiary/aromatic N) is 2. The zero-order chi connectivity index (χ0) is 15.5. The molecule has 2 aromatic rings. The molecule has 6 heteroatoms. The van der Waals surface area contributed by atoms with Crippen molar-refractivity contribution in [3.63, 3.8) is 0 Å². The van der Waals surface area contributed by atoms with Crippen LogP contribution in [-0.2, 0) is 22.8 Å². The topological polar surface area (TPSA) is 62.3 Å². The number of aromatic nitrogens is 2. The fourth-order valence-corrected chi connectivity index (χ4v) is 2.89. The maximum absolute atomic E-state index is 5.86. The quantitative estimate of drug-likeness (QED) is 0.485. The van der Waals surface area contributed by atoms with Crippen molar-refractivity contribution in [2.24, 2.45) is 0 Å². The second kappa shape index (κ2) is 6.59. The van der Waals surface area contributed by atoms with Gasteiger partial charge in [-0.05, 0) is 24.2 Å². The predicted octanol–water partition coefficient (Wildman–Crippen LogP) is 3.08. The molecule has 0 aliphatic carbocycles. The minimum absolute atomic E-state index is 0.467. The Labute approximate surface area is 127 Å². The molecule has 0 bridgehead atoms. The summed E-state index contributed by atoms with van der Waals surface area (Å²) in [7, 11) is 0.613. The van der Waals surface area contributed by atoms with Gasteiger partial charge < -0.3 is 15.2 Å². The molecule has 1 heterocycles. The van der Waals surface area contributed by atoms with Gasteiger partial charge in [0, 0.05) is 32.9 Å². The van der Waals surface area contributed by atoms with Crippen LogP contribution in [0.25, 0.3) is 10.9 Å². The average Bonchev–Trinajstić information content (AvgIpc) is 2.72. The number of fused-ring (bicyclic) bond motifs is 1. The fraction of sp³-hybridized carbons (Fsp3) is 0.533. The molecular weight excluding hydrogens is 282 g/mol. The van der Waals surface area contributed by atoms with Crippen molar-refractivity contribution in [3.05, 3.63) is 23.9 Å². The number of anilines is 1. The maximum atomic E-state index is 5.86. The van der Waals surface area contributed by atoms with E-state index in [0.29, 0.717) is 13.3 Å². The number of methoxy groups -OCH3 is 1. The first kappa shape index (κ1) is 16.0. The van der Waals surface area contributed by atoms with Crippen molar-refractivity contribution in [1.29, 1.82) is 0 Å². The lowest BCUT2D eigenvalue weighted by molar-refractivity contribution is 0.0805. The van der Waals surface area contributed by atoms with Crippen LogP contribution in [-0.4, -0.2) is 31.6 Å². The highest BCUT2D eigenvalue weighted by Gasteiger charge is 2.13. The lowest BCUT2D eigenvalue weighted by atomic mass is 10.2. The van der Waals surface area contributed by atoms with Gasteiger partial charge in [0.15, 0.2) is 0 Å². The summed E-state index contributed by atoms with van der Waals surface area (Å²) in [5, 5.41) is 5.61. The summed E-state index contributed by atoms with van der Waals surface area (Å²) in [6, 6.07) is 6.97. The van der Waals surface area contributed by atoms with Crippen LogP contribution in [0.1, 0.15) is 5.69 Å². The third-order valence-electron chi connectivity index (χ3n) is 3.34. The molecule has 0 spiro atoms. The molecule has 1 aromatic carbocycles. The SMILES string of the molecule is COCc1nn(COCC[Si](C)(C)C)c2ccc(N)cc12. The number of ether oxygens (including phenoxy) is 2. The Balaban J connectivity index is 2.12.